The summed E-state index contributed by atoms with van der Waals surface area (Å²) in [6, 6.07) is 14.9. The minimum Gasteiger partial charge on any atom is -0.454 e. The Hall–Kier alpha value is -2.99. The fourth-order valence-corrected chi connectivity index (χ4v) is 2.70. The van der Waals surface area contributed by atoms with Crippen molar-refractivity contribution in [3.8, 4) is 11.5 Å². The Labute approximate surface area is 149 Å². The average molecular weight is 355 g/mol. The molecule has 1 aliphatic rings. The van der Waals surface area contributed by atoms with E-state index in [-0.39, 0.29) is 6.79 Å². The number of ether oxygens (including phenoxy) is 2. The van der Waals surface area contributed by atoms with E-state index in [0.29, 0.717) is 22.5 Å². The summed E-state index contributed by atoms with van der Waals surface area (Å²) in [5.74, 6) is 2.63. The summed E-state index contributed by atoms with van der Waals surface area (Å²) in [7, 11) is 0. The molecule has 25 heavy (non-hydrogen) atoms. The summed E-state index contributed by atoms with van der Waals surface area (Å²) < 4.78 is 10.7. The Morgan fingerprint density at radius 1 is 0.920 bits per heavy atom. The van der Waals surface area contributed by atoms with Crippen LogP contribution in [-0.2, 0) is 0 Å². The van der Waals surface area contributed by atoms with Crippen LogP contribution in [0.4, 0.5) is 23.1 Å². The minimum absolute atomic E-state index is 0.249. The molecule has 4 rings (SSSR count). The predicted octanol–water partition coefficient (Wildman–Crippen LogP) is 4.65. The summed E-state index contributed by atoms with van der Waals surface area (Å²) in [4.78, 5) is 8.91. The second-order valence-corrected chi connectivity index (χ2v) is 5.98. The molecule has 3 aromatic rings. The zero-order valence-corrected chi connectivity index (χ0v) is 14.2. The molecule has 0 saturated carbocycles. The van der Waals surface area contributed by atoms with Gasteiger partial charge in [0.15, 0.2) is 11.5 Å². The largest absolute Gasteiger partial charge is 0.454 e. The van der Waals surface area contributed by atoms with Gasteiger partial charge in [-0.2, -0.15) is 4.98 Å². The van der Waals surface area contributed by atoms with Crippen molar-refractivity contribution in [3.05, 3.63) is 59.2 Å². The Morgan fingerprint density at radius 2 is 1.76 bits per heavy atom. The van der Waals surface area contributed by atoms with Crippen LogP contribution >= 0.6 is 11.6 Å². The van der Waals surface area contributed by atoms with Crippen LogP contribution < -0.4 is 20.1 Å². The van der Waals surface area contributed by atoms with Gasteiger partial charge in [-0.05, 0) is 37.3 Å². The van der Waals surface area contributed by atoms with Crippen molar-refractivity contribution in [2.24, 2.45) is 0 Å². The monoisotopic (exact) mass is 354 g/mol. The molecule has 0 fully saturated rings. The molecule has 0 atom stereocenters. The molecular weight excluding hydrogens is 340 g/mol. The molecule has 0 radical (unpaired) electrons. The maximum atomic E-state index is 6.01. The van der Waals surface area contributed by atoms with Gasteiger partial charge in [-0.15, -0.1) is 0 Å². The number of anilines is 4. The SMILES string of the molecule is Cc1cc(Nc2ccc3c(c2)OCO3)nc(Nc2cccc(Cl)c2)n1. The van der Waals surface area contributed by atoms with Crippen molar-refractivity contribution in [1.82, 2.24) is 9.97 Å². The Balaban J connectivity index is 1.57. The second-order valence-electron chi connectivity index (χ2n) is 5.55. The Bertz CT molecular complexity index is 933. The summed E-state index contributed by atoms with van der Waals surface area (Å²) >= 11 is 6.01. The first kappa shape index (κ1) is 15.5. The van der Waals surface area contributed by atoms with Crippen molar-refractivity contribution in [2.45, 2.75) is 6.92 Å². The molecule has 0 aliphatic carbocycles. The standard InChI is InChI=1S/C18H15ClN4O2/c1-11-7-17(21-14-5-6-15-16(9-14)25-10-24-15)23-18(20-11)22-13-4-2-3-12(19)8-13/h2-9H,10H2,1H3,(H2,20,21,22,23). The van der Waals surface area contributed by atoms with Crippen LogP contribution in [0, 0.1) is 6.92 Å². The number of aryl methyl sites for hydroxylation is 1. The van der Waals surface area contributed by atoms with Gasteiger partial charge in [-0.25, -0.2) is 4.98 Å². The van der Waals surface area contributed by atoms with Gasteiger partial charge in [-0.1, -0.05) is 17.7 Å². The lowest BCUT2D eigenvalue weighted by Gasteiger charge is -2.10. The van der Waals surface area contributed by atoms with Crippen LogP contribution in [0.5, 0.6) is 11.5 Å². The van der Waals surface area contributed by atoms with E-state index in [1.165, 1.54) is 0 Å². The molecule has 7 heteroatoms. The highest BCUT2D eigenvalue weighted by atomic mass is 35.5. The number of benzene rings is 2. The average Bonchev–Trinajstić information content (AvgIpc) is 3.02. The first-order valence-electron chi connectivity index (χ1n) is 7.71. The van der Waals surface area contributed by atoms with E-state index in [1.54, 1.807) is 0 Å². The van der Waals surface area contributed by atoms with Gasteiger partial charge in [-0.3, -0.25) is 0 Å². The van der Waals surface area contributed by atoms with Crippen LogP contribution in [0.3, 0.4) is 0 Å². The Morgan fingerprint density at radius 3 is 2.64 bits per heavy atom. The van der Waals surface area contributed by atoms with Gasteiger partial charge in [0, 0.05) is 34.2 Å². The molecule has 0 spiro atoms. The van der Waals surface area contributed by atoms with Crippen molar-refractivity contribution >= 4 is 34.7 Å². The van der Waals surface area contributed by atoms with Gasteiger partial charge in [0.2, 0.25) is 12.7 Å². The number of nitrogens with zero attached hydrogens (tertiary/aromatic N) is 2. The molecule has 0 amide bonds. The van der Waals surface area contributed by atoms with Gasteiger partial charge < -0.3 is 20.1 Å². The molecule has 126 valence electrons. The van der Waals surface area contributed by atoms with Crippen molar-refractivity contribution < 1.29 is 9.47 Å². The van der Waals surface area contributed by atoms with E-state index in [9.17, 15) is 0 Å². The highest BCUT2D eigenvalue weighted by Gasteiger charge is 2.13. The third kappa shape index (κ3) is 3.59. The van der Waals surface area contributed by atoms with E-state index in [4.69, 9.17) is 21.1 Å². The van der Waals surface area contributed by atoms with Crippen LogP contribution in [0.2, 0.25) is 5.02 Å². The minimum atomic E-state index is 0.249. The molecule has 0 saturated heterocycles. The molecule has 2 N–H and O–H groups in total. The fourth-order valence-electron chi connectivity index (χ4n) is 2.51. The number of hydrogen-bond acceptors (Lipinski definition) is 6. The van der Waals surface area contributed by atoms with Gasteiger partial charge in [0.1, 0.15) is 5.82 Å². The van der Waals surface area contributed by atoms with Crippen LogP contribution in [0.15, 0.2) is 48.5 Å². The highest BCUT2D eigenvalue weighted by Crippen LogP contribution is 2.35. The fraction of sp³-hybridized carbons (Fsp3) is 0.111. The first-order chi connectivity index (χ1) is 12.2. The maximum absolute atomic E-state index is 6.01. The van der Waals surface area contributed by atoms with Crippen LogP contribution in [0.1, 0.15) is 5.69 Å². The predicted molar refractivity (Wildman–Crippen MR) is 97.4 cm³/mol. The maximum Gasteiger partial charge on any atom is 0.231 e. The summed E-state index contributed by atoms with van der Waals surface area (Å²) in [6.45, 7) is 2.16. The lowest BCUT2D eigenvalue weighted by atomic mass is 10.2. The third-order valence-electron chi connectivity index (χ3n) is 3.58. The number of hydrogen-bond donors (Lipinski definition) is 2. The molecule has 1 aromatic heterocycles. The van der Waals surface area contributed by atoms with E-state index in [1.807, 2.05) is 55.5 Å². The quantitative estimate of drug-likeness (QED) is 0.710. The molecule has 2 aromatic carbocycles. The number of halogens is 1. The first-order valence-corrected chi connectivity index (χ1v) is 8.08. The molecule has 0 bridgehead atoms. The van der Waals surface area contributed by atoms with E-state index in [0.717, 1.165) is 22.8 Å². The second kappa shape index (κ2) is 6.49. The lowest BCUT2D eigenvalue weighted by Crippen LogP contribution is -2.02. The van der Waals surface area contributed by atoms with Gasteiger partial charge >= 0.3 is 0 Å². The molecule has 1 aliphatic heterocycles. The molecule has 0 unspecified atom stereocenters. The summed E-state index contributed by atoms with van der Waals surface area (Å²) in [5.41, 5.74) is 2.52. The summed E-state index contributed by atoms with van der Waals surface area (Å²) in [5, 5.41) is 7.07. The molecular formula is C18H15ClN4O2. The number of nitrogens with one attached hydrogen (secondary N) is 2. The molecule has 6 nitrogen and oxygen atoms in total. The lowest BCUT2D eigenvalue weighted by molar-refractivity contribution is 0.174. The number of rotatable bonds is 4. The van der Waals surface area contributed by atoms with Crippen molar-refractivity contribution in [2.75, 3.05) is 17.4 Å². The van der Waals surface area contributed by atoms with Gasteiger partial charge in [0.25, 0.3) is 0 Å². The van der Waals surface area contributed by atoms with Gasteiger partial charge in [0.05, 0.1) is 0 Å². The molecule has 2 heterocycles. The Kier molecular flexibility index (Phi) is 4.03. The van der Waals surface area contributed by atoms with E-state index >= 15 is 0 Å². The highest BCUT2D eigenvalue weighted by molar-refractivity contribution is 6.30. The van der Waals surface area contributed by atoms with Crippen LogP contribution in [0.25, 0.3) is 0 Å². The smallest absolute Gasteiger partial charge is 0.231 e. The topological polar surface area (TPSA) is 68.3 Å². The van der Waals surface area contributed by atoms with E-state index in [2.05, 4.69) is 20.6 Å². The van der Waals surface area contributed by atoms with Crippen LogP contribution in [-0.4, -0.2) is 16.8 Å². The van der Waals surface area contributed by atoms with E-state index < -0.39 is 0 Å². The van der Waals surface area contributed by atoms with Crippen molar-refractivity contribution in [1.29, 1.82) is 0 Å². The third-order valence-corrected chi connectivity index (χ3v) is 3.82. The zero-order chi connectivity index (χ0) is 17.2. The normalized spacial score (nSPS) is 12.1. The summed E-state index contributed by atoms with van der Waals surface area (Å²) in [6.07, 6.45) is 0. The zero-order valence-electron chi connectivity index (χ0n) is 13.4. The number of aromatic nitrogens is 2. The number of fused-ring (bicyclic) bond motifs is 1. The van der Waals surface area contributed by atoms with Crippen molar-refractivity contribution in [3.63, 3.8) is 0 Å².